The molecule has 4 rings (SSSR count). The van der Waals surface area contributed by atoms with Gasteiger partial charge in [-0.3, -0.25) is 14.1 Å². The molecule has 1 aromatic rings. The Kier molecular flexibility index (Phi) is 10.8. The molecule has 0 bridgehead atoms. The zero-order valence-electron chi connectivity index (χ0n) is 24.0. The zero-order valence-corrected chi connectivity index (χ0v) is 24.9. The summed E-state index contributed by atoms with van der Waals surface area (Å²) in [7, 11) is -5.19. The molecule has 1 aliphatic carbocycles. The molecular formula is C27H34O19S. The lowest BCUT2D eigenvalue weighted by molar-refractivity contribution is -0.262. The third-order valence-corrected chi connectivity index (χ3v) is 8.62. The Bertz CT molecular complexity index is 1520. The molecule has 0 amide bonds. The van der Waals surface area contributed by atoms with Crippen LogP contribution >= 0.6 is 0 Å². The minimum absolute atomic E-state index is 0.101. The molecule has 47 heavy (non-hydrogen) atoms. The summed E-state index contributed by atoms with van der Waals surface area (Å²) in [4.78, 5) is 27.3. The van der Waals surface area contributed by atoms with Crippen molar-refractivity contribution in [1.29, 1.82) is 0 Å². The van der Waals surface area contributed by atoms with E-state index in [4.69, 9.17) is 14.0 Å². The summed E-state index contributed by atoms with van der Waals surface area (Å²) in [5, 5.41) is 117. The molecular weight excluding hydrogens is 660 g/mol. The molecule has 11 atom stereocenters. The maximum atomic E-state index is 13.9. The van der Waals surface area contributed by atoms with Crippen molar-refractivity contribution >= 4 is 22.0 Å². The maximum absolute atomic E-state index is 13.9. The minimum atomic E-state index is -5.19. The van der Waals surface area contributed by atoms with Crippen LogP contribution < -0.4 is 0 Å². The highest BCUT2D eigenvalue weighted by molar-refractivity contribution is 7.80. The number of ether oxygens (including phenoxy) is 2. The van der Waals surface area contributed by atoms with Crippen LogP contribution in [0.1, 0.15) is 12.0 Å². The van der Waals surface area contributed by atoms with Gasteiger partial charge in [-0.05, 0) is 24.1 Å². The lowest BCUT2D eigenvalue weighted by atomic mass is 9.71. The molecule has 20 heteroatoms. The predicted molar refractivity (Wildman–Crippen MR) is 149 cm³/mol. The van der Waals surface area contributed by atoms with Crippen LogP contribution in [0.3, 0.4) is 0 Å². The van der Waals surface area contributed by atoms with Gasteiger partial charge in [0, 0.05) is 6.42 Å². The zero-order chi connectivity index (χ0) is 35.2. The Morgan fingerprint density at radius 1 is 0.957 bits per heavy atom. The fraction of sp³-hybridized carbons (Fsp3) is 0.556. The number of Topliss-reactive ketones (excluding diaryl/α,β-unsaturated/α-hetero) is 2. The first-order valence-electron chi connectivity index (χ1n) is 13.9. The van der Waals surface area contributed by atoms with E-state index in [2.05, 4.69) is 4.18 Å². The van der Waals surface area contributed by atoms with E-state index in [9.17, 15) is 74.2 Å². The molecule has 2 heterocycles. The molecule has 3 aliphatic rings. The molecule has 0 aromatic heterocycles. The van der Waals surface area contributed by atoms with Gasteiger partial charge < -0.3 is 65.6 Å². The van der Waals surface area contributed by atoms with Gasteiger partial charge in [0.15, 0.2) is 5.78 Å². The standard InChI is InChI=1S/C27H34O19S/c28-10-4-1-9(2-5-10)3-6-11(29)14-18(33)15(19(34)23-21(36)16(31)12(30)7-44-23)25(39)27(40,24(14)38)26-22(37)20(35)17(32)13(46-26)8-45-47(41,42)43/h1-2,4-5,12-13,16-17,19-23,26,28,30-37,39-40H,3,6-8H2,(H,41,42,43). The third kappa shape index (κ3) is 7.05. The number of aromatic hydroxyl groups is 1. The van der Waals surface area contributed by atoms with Crippen LogP contribution in [0.25, 0.3) is 0 Å². The average molecular weight is 695 g/mol. The Morgan fingerprint density at radius 3 is 2.17 bits per heavy atom. The number of phenolic OH excluding ortho intramolecular Hbond substituents is 1. The summed E-state index contributed by atoms with van der Waals surface area (Å²) in [5.41, 5.74) is -5.81. The molecule has 0 radical (unpaired) electrons. The van der Waals surface area contributed by atoms with Gasteiger partial charge in [-0.25, -0.2) is 4.18 Å². The number of ketones is 2. The molecule has 19 nitrogen and oxygen atoms in total. The summed E-state index contributed by atoms with van der Waals surface area (Å²) in [6, 6.07) is 5.43. The smallest absolute Gasteiger partial charge is 0.397 e. The third-order valence-electron chi connectivity index (χ3n) is 8.19. The molecule has 0 saturated carbocycles. The van der Waals surface area contributed by atoms with Crippen LogP contribution in [-0.4, -0.2) is 161 Å². The Balaban J connectivity index is 1.81. The predicted octanol–water partition coefficient (Wildman–Crippen LogP) is -4.66. The Morgan fingerprint density at radius 2 is 1.57 bits per heavy atom. The van der Waals surface area contributed by atoms with Gasteiger partial charge >= 0.3 is 10.4 Å². The molecule has 2 fully saturated rings. The van der Waals surface area contributed by atoms with Crippen molar-refractivity contribution in [2.24, 2.45) is 0 Å². The number of hydrogen-bond acceptors (Lipinski definition) is 18. The second-order valence-corrected chi connectivity index (χ2v) is 12.3. The first-order valence-corrected chi connectivity index (χ1v) is 15.3. The van der Waals surface area contributed by atoms with Crippen LogP contribution in [-0.2, 0) is 40.1 Å². The molecule has 262 valence electrons. The number of hydrogen-bond donors (Lipinski definition) is 12. The summed E-state index contributed by atoms with van der Waals surface area (Å²) >= 11 is 0. The first kappa shape index (κ1) is 36.7. The van der Waals surface area contributed by atoms with E-state index in [1.807, 2.05) is 0 Å². The molecule has 11 unspecified atom stereocenters. The monoisotopic (exact) mass is 694 g/mol. The van der Waals surface area contributed by atoms with Crippen molar-refractivity contribution in [1.82, 2.24) is 0 Å². The molecule has 1 aromatic carbocycles. The number of carbonyl (C=O) groups is 2. The first-order chi connectivity index (χ1) is 21.8. The van der Waals surface area contributed by atoms with E-state index in [0.29, 0.717) is 5.56 Å². The highest BCUT2D eigenvalue weighted by Crippen LogP contribution is 2.43. The van der Waals surface area contributed by atoms with E-state index in [1.54, 1.807) is 0 Å². The summed E-state index contributed by atoms with van der Waals surface area (Å²) in [6.07, 6.45) is -22.7. The number of carbonyl (C=O) groups excluding carboxylic acids is 2. The van der Waals surface area contributed by atoms with E-state index < -0.39 is 131 Å². The molecule has 12 N–H and O–H groups in total. The molecule has 0 spiro atoms. The van der Waals surface area contributed by atoms with Crippen molar-refractivity contribution in [3.63, 3.8) is 0 Å². The second-order valence-electron chi connectivity index (χ2n) is 11.2. The SMILES string of the molecule is O=C(CCc1ccc(O)cc1)C1=C(O)C(C(O)C2OCC(O)C(O)C2O)=C(O)C(O)(C2OC(COS(=O)(=O)O)C(O)C(O)C2O)C1=O. The van der Waals surface area contributed by atoms with Crippen molar-refractivity contribution < 1.29 is 92.4 Å². The van der Waals surface area contributed by atoms with Gasteiger partial charge in [0.05, 0.1) is 18.8 Å². The van der Waals surface area contributed by atoms with E-state index in [0.717, 1.165) is 0 Å². The summed E-state index contributed by atoms with van der Waals surface area (Å²) in [6.45, 7) is -1.99. The highest BCUT2D eigenvalue weighted by atomic mass is 32.3. The maximum Gasteiger partial charge on any atom is 0.397 e. The van der Waals surface area contributed by atoms with Crippen molar-refractivity contribution in [2.45, 2.75) is 79.5 Å². The summed E-state index contributed by atoms with van der Waals surface area (Å²) < 4.78 is 45.7. The molecule has 2 saturated heterocycles. The summed E-state index contributed by atoms with van der Waals surface area (Å²) in [5.74, 6) is -6.35. The fourth-order valence-corrected chi connectivity index (χ4v) is 5.87. The van der Waals surface area contributed by atoms with Gasteiger partial charge in [-0.2, -0.15) is 8.42 Å². The Hall–Kier alpha value is -3.09. The topological polar surface area (TPSA) is 339 Å². The van der Waals surface area contributed by atoms with Crippen LogP contribution in [0.4, 0.5) is 0 Å². The highest BCUT2D eigenvalue weighted by Gasteiger charge is 2.63. The largest absolute Gasteiger partial charge is 0.508 e. The average Bonchev–Trinajstić information content (AvgIpc) is 3.00. The van der Waals surface area contributed by atoms with Gasteiger partial charge in [-0.15, -0.1) is 0 Å². The van der Waals surface area contributed by atoms with Crippen molar-refractivity contribution in [2.75, 3.05) is 13.2 Å². The Labute approximate surface area is 265 Å². The number of aryl methyl sites for hydroxylation is 1. The normalized spacial score (nSPS) is 36.0. The van der Waals surface area contributed by atoms with Gasteiger partial charge in [0.2, 0.25) is 11.4 Å². The lowest BCUT2D eigenvalue weighted by Gasteiger charge is -2.47. The number of aliphatic hydroxyl groups is 10. The quantitative estimate of drug-likeness (QED) is 0.0809. The number of rotatable bonds is 10. The van der Waals surface area contributed by atoms with Gasteiger partial charge in [0.1, 0.15) is 83.9 Å². The van der Waals surface area contributed by atoms with Gasteiger partial charge in [-0.1, -0.05) is 12.1 Å². The lowest BCUT2D eigenvalue weighted by Crippen LogP contribution is -2.69. The van der Waals surface area contributed by atoms with E-state index in [-0.39, 0.29) is 12.2 Å². The van der Waals surface area contributed by atoms with Crippen molar-refractivity contribution in [3.05, 3.63) is 52.5 Å². The fourth-order valence-electron chi connectivity index (χ4n) is 5.56. The number of phenols is 1. The minimum Gasteiger partial charge on any atom is -0.508 e. The number of benzene rings is 1. The van der Waals surface area contributed by atoms with E-state index in [1.165, 1.54) is 24.3 Å². The van der Waals surface area contributed by atoms with Crippen molar-refractivity contribution in [3.8, 4) is 5.75 Å². The van der Waals surface area contributed by atoms with Crippen LogP contribution in [0.5, 0.6) is 5.75 Å². The van der Waals surface area contributed by atoms with Crippen LogP contribution in [0.15, 0.2) is 46.9 Å². The van der Waals surface area contributed by atoms with E-state index >= 15 is 0 Å². The van der Waals surface area contributed by atoms with Crippen LogP contribution in [0.2, 0.25) is 0 Å². The molecule has 2 aliphatic heterocycles. The second kappa shape index (κ2) is 13.8. The van der Waals surface area contributed by atoms with Gasteiger partial charge in [0.25, 0.3) is 0 Å². The number of aliphatic hydroxyl groups excluding tert-OH is 9. The van der Waals surface area contributed by atoms with Crippen LogP contribution in [0, 0.1) is 0 Å².